The zero-order valence-corrected chi connectivity index (χ0v) is 12.2. The highest BCUT2D eigenvalue weighted by atomic mass is 16.5. The number of nitrogens with zero attached hydrogens (tertiary/aromatic N) is 2. The van der Waals surface area contributed by atoms with Crippen LogP contribution in [0.3, 0.4) is 0 Å². The molecule has 1 aromatic heterocycles. The van der Waals surface area contributed by atoms with Gasteiger partial charge >= 0.3 is 0 Å². The van der Waals surface area contributed by atoms with Gasteiger partial charge in [0.2, 0.25) is 5.95 Å². The van der Waals surface area contributed by atoms with Gasteiger partial charge in [0, 0.05) is 31.6 Å². The minimum atomic E-state index is -0.141. The van der Waals surface area contributed by atoms with E-state index >= 15 is 0 Å². The summed E-state index contributed by atoms with van der Waals surface area (Å²) < 4.78 is 5.48. The van der Waals surface area contributed by atoms with Gasteiger partial charge in [-0.3, -0.25) is 4.79 Å². The number of rotatable bonds is 5. The van der Waals surface area contributed by atoms with Crippen molar-refractivity contribution in [2.24, 2.45) is 0 Å². The van der Waals surface area contributed by atoms with Crippen LogP contribution in [0.5, 0.6) is 0 Å². The van der Waals surface area contributed by atoms with Gasteiger partial charge in [0.05, 0.1) is 11.7 Å². The van der Waals surface area contributed by atoms with Gasteiger partial charge in [-0.15, -0.1) is 0 Å². The number of hydrogen-bond acceptors (Lipinski definition) is 5. The van der Waals surface area contributed by atoms with Crippen molar-refractivity contribution < 1.29 is 9.53 Å². The fourth-order valence-corrected chi connectivity index (χ4v) is 2.89. The summed E-state index contributed by atoms with van der Waals surface area (Å²) in [6, 6.07) is 0.476. The Morgan fingerprint density at radius 3 is 2.62 bits per heavy atom. The quantitative estimate of drug-likeness (QED) is 0.864. The molecule has 6 nitrogen and oxygen atoms in total. The average Bonchev–Trinajstić information content (AvgIpc) is 3.19. The van der Waals surface area contributed by atoms with Gasteiger partial charge in [-0.25, -0.2) is 9.97 Å². The average molecular weight is 290 g/mol. The van der Waals surface area contributed by atoms with Crippen LogP contribution in [0.1, 0.15) is 48.9 Å². The molecule has 1 aliphatic heterocycles. The predicted octanol–water partition coefficient (Wildman–Crippen LogP) is 1.74. The van der Waals surface area contributed by atoms with Crippen molar-refractivity contribution in [3.05, 3.63) is 18.0 Å². The molecule has 2 heterocycles. The number of carbonyl (C=O) groups excluding carboxylic acids is 1. The highest BCUT2D eigenvalue weighted by molar-refractivity contribution is 5.93. The fraction of sp³-hybridized carbons (Fsp3) is 0.667. The topological polar surface area (TPSA) is 76.1 Å². The van der Waals surface area contributed by atoms with Crippen LogP contribution in [0, 0.1) is 0 Å². The third-order valence-electron chi connectivity index (χ3n) is 4.12. The second-order valence-electron chi connectivity index (χ2n) is 5.77. The summed E-state index contributed by atoms with van der Waals surface area (Å²) in [5, 5.41) is 6.18. The molecule has 1 aromatic rings. The molecule has 0 aromatic carbocycles. The number of hydrogen-bond donors (Lipinski definition) is 2. The van der Waals surface area contributed by atoms with E-state index in [4.69, 9.17) is 4.74 Å². The lowest BCUT2D eigenvalue weighted by Crippen LogP contribution is -2.32. The van der Waals surface area contributed by atoms with Crippen molar-refractivity contribution >= 4 is 11.9 Å². The summed E-state index contributed by atoms with van der Waals surface area (Å²) in [5.74, 6) is 0.468. The van der Waals surface area contributed by atoms with Gasteiger partial charge in [-0.2, -0.15) is 0 Å². The lowest BCUT2D eigenvalue weighted by molar-refractivity contribution is 0.0857. The van der Waals surface area contributed by atoms with Crippen LogP contribution in [0.2, 0.25) is 0 Å². The maximum atomic E-state index is 12.0. The molecular weight excluding hydrogens is 268 g/mol. The lowest BCUT2D eigenvalue weighted by Gasteiger charge is -2.12. The molecule has 1 atom stereocenters. The van der Waals surface area contributed by atoms with Crippen LogP contribution >= 0.6 is 0 Å². The highest BCUT2D eigenvalue weighted by Gasteiger charge is 2.18. The van der Waals surface area contributed by atoms with Crippen LogP contribution in [-0.4, -0.2) is 41.2 Å². The van der Waals surface area contributed by atoms with E-state index < -0.39 is 0 Å². The maximum absolute atomic E-state index is 12.0. The Bertz CT molecular complexity index is 465. The Morgan fingerprint density at radius 1 is 1.19 bits per heavy atom. The normalized spacial score (nSPS) is 22.4. The van der Waals surface area contributed by atoms with Crippen LogP contribution in [0.25, 0.3) is 0 Å². The second kappa shape index (κ2) is 6.85. The zero-order chi connectivity index (χ0) is 14.5. The molecule has 1 saturated heterocycles. The SMILES string of the molecule is O=C(NCC1CCCO1)c1cnc(NC2CCCC2)nc1. The Labute approximate surface area is 124 Å². The molecule has 6 heteroatoms. The van der Waals surface area contributed by atoms with Gasteiger partial charge < -0.3 is 15.4 Å². The van der Waals surface area contributed by atoms with Crippen molar-refractivity contribution in [2.75, 3.05) is 18.5 Å². The molecule has 0 radical (unpaired) electrons. The molecule has 1 unspecified atom stereocenters. The van der Waals surface area contributed by atoms with E-state index in [0.29, 0.717) is 24.1 Å². The van der Waals surface area contributed by atoms with E-state index in [1.807, 2.05) is 0 Å². The van der Waals surface area contributed by atoms with E-state index in [1.54, 1.807) is 12.4 Å². The summed E-state index contributed by atoms with van der Waals surface area (Å²) in [4.78, 5) is 20.4. The van der Waals surface area contributed by atoms with Crippen LogP contribution in [-0.2, 0) is 4.74 Å². The molecule has 2 aliphatic rings. The number of carbonyl (C=O) groups is 1. The molecule has 2 N–H and O–H groups in total. The van der Waals surface area contributed by atoms with Crippen molar-refractivity contribution in [2.45, 2.75) is 50.7 Å². The van der Waals surface area contributed by atoms with Gasteiger partial charge in [0.1, 0.15) is 0 Å². The van der Waals surface area contributed by atoms with E-state index in [1.165, 1.54) is 25.7 Å². The third-order valence-corrected chi connectivity index (χ3v) is 4.12. The predicted molar refractivity (Wildman–Crippen MR) is 79.2 cm³/mol. The first kappa shape index (κ1) is 14.3. The molecule has 1 aliphatic carbocycles. The maximum Gasteiger partial charge on any atom is 0.254 e. The molecule has 0 bridgehead atoms. The van der Waals surface area contributed by atoms with Crippen LogP contribution in [0.4, 0.5) is 5.95 Å². The first-order valence-corrected chi connectivity index (χ1v) is 7.79. The number of anilines is 1. The first-order chi connectivity index (χ1) is 10.3. The first-order valence-electron chi connectivity index (χ1n) is 7.79. The van der Waals surface area contributed by atoms with E-state index in [-0.39, 0.29) is 12.0 Å². The summed E-state index contributed by atoms with van der Waals surface area (Å²) in [5.41, 5.74) is 0.491. The summed E-state index contributed by atoms with van der Waals surface area (Å²) in [6.45, 7) is 1.35. The Hall–Kier alpha value is -1.69. The number of nitrogens with one attached hydrogen (secondary N) is 2. The monoisotopic (exact) mass is 290 g/mol. The molecule has 21 heavy (non-hydrogen) atoms. The highest BCUT2D eigenvalue weighted by Crippen LogP contribution is 2.20. The largest absolute Gasteiger partial charge is 0.376 e. The van der Waals surface area contributed by atoms with Gasteiger partial charge in [0.25, 0.3) is 5.91 Å². The molecule has 114 valence electrons. The molecule has 2 fully saturated rings. The molecular formula is C15H22N4O2. The van der Waals surface area contributed by atoms with Crippen molar-refractivity contribution in [1.82, 2.24) is 15.3 Å². The summed E-state index contributed by atoms with van der Waals surface area (Å²) in [7, 11) is 0. The van der Waals surface area contributed by atoms with Gasteiger partial charge in [-0.05, 0) is 25.7 Å². The summed E-state index contributed by atoms with van der Waals surface area (Å²) in [6.07, 6.45) is 10.3. The van der Waals surface area contributed by atoms with E-state index in [0.717, 1.165) is 19.4 Å². The van der Waals surface area contributed by atoms with Crippen molar-refractivity contribution in [1.29, 1.82) is 0 Å². The molecule has 3 rings (SSSR count). The minimum absolute atomic E-state index is 0.141. The van der Waals surface area contributed by atoms with Crippen molar-refractivity contribution in [3.63, 3.8) is 0 Å². The fourth-order valence-electron chi connectivity index (χ4n) is 2.89. The Kier molecular flexibility index (Phi) is 4.65. The smallest absolute Gasteiger partial charge is 0.254 e. The zero-order valence-electron chi connectivity index (χ0n) is 12.2. The number of aromatic nitrogens is 2. The molecule has 1 amide bonds. The Morgan fingerprint density at radius 2 is 1.95 bits per heavy atom. The molecule has 0 spiro atoms. The Balaban J connectivity index is 1.49. The van der Waals surface area contributed by atoms with Gasteiger partial charge in [0.15, 0.2) is 0 Å². The van der Waals surface area contributed by atoms with Crippen molar-refractivity contribution in [3.8, 4) is 0 Å². The van der Waals surface area contributed by atoms with E-state index in [9.17, 15) is 4.79 Å². The third kappa shape index (κ3) is 3.91. The standard InChI is InChI=1S/C15H22N4O2/c20-14(16-10-13-6-3-7-21-13)11-8-17-15(18-9-11)19-12-4-1-2-5-12/h8-9,12-13H,1-7,10H2,(H,16,20)(H,17,18,19). The second-order valence-corrected chi connectivity index (χ2v) is 5.77. The molecule has 1 saturated carbocycles. The van der Waals surface area contributed by atoms with Gasteiger partial charge in [-0.1, -0.05) is 12.8 Å². The van der Waals surface area contributed by atoms with Crippen LogP contribution in [0.15, 0.2) is 12.4 Å². The lowest BCUT2D eigenvalue weighted by atomic mass is 10.2. The van der Waals surface area contributed by atoms with Crippen LogP contribution < -0.4 is 10.6 Å². The minimum Gasteiger partial charge on any atom is -0.376 e. The number of amides is 1. The van der Waals surface area contributed by atoms with E-state index in [2.05, 4.69) is 20.6 Å². The number of ether oxygens (including phenoxy) is 1. The summed E-state index contributed by atoms with van der Waals surface area (Å²) >= 11 is 0.